The molecule has 1 fully saturated rings. The second-order valence-electron chi connectivity index (χ2n) is 4.06. The number of hydrogen-bond donors (Lipinski definition) is 1. The van der Waals surface area contributed by atoms with Crippen LogP contribution < -0.4 is 0 Å². The van der Waals surface area contributed by atoms with E-state index < -0.39 is 26.8 Å². The van der Waals surface area contributed by atoms with Crippen LogP contribution in [0, 0.1) is 17.1 Å². The molecule has 0 radical (unpaired) electrons. The molecule has 1 aromatic rings. The molecule has 1 heterocycles. The maximum atomic E-state index is 13.7. The Morgan fingerprint density at radius 1 is 1.50 bits per heavy atom. The number of hydrogen-bond acceptors (Lipinski definition) is 4. The first-order chi connectivity index (χ1) is 8.45. The standard InChI is InChI=1S/C11H11FN2O3S/c12-10-5-8(6-13)1-2-11(10)18(16,17)14-4-3-9(15)7-14/h1-2,5,9,15H,3-4,7H2/t9-/m0/s1. The second kappa shape index (κ2) is 4.65. The monoisotopic (exact) mass is 270 g/mol. The number of nitriles is 1. The topological polar surface area (TPSA) is 81.4 Å². The smallest absolute Gasteiger partial charge is 0.246 e. The fraction of sp³-hybridized carbons (Fsp3) is 0.364. The van der Waals surface area contributed by atoms with Gasteiger partial charge in [-0.25, -0.2) is 12.8 Å². The number of halogens is 1. The molecule has 1 aliphatic heterocycles. The lowest BCUT2D eigenvalue weighted by atomic mass is 10.2. The summed E-state index contributed by atoms with van der Waals surface area (Å²) >= 11 is 0. The summed E-state index contributed by atoms with van der Waals surface area (Å²) in [5, 5.41) is 17.9. The van der Waals surface area contributed by atoms with Crippen LogP contribution in [0.15, 0.2) is 23.1 Å². The molecule has 1 aliphatic rings. The van der Waals surface area contributed by atoms with Gasteiger partial charge >= 0.3 is 0 Å². The van der Waals surface area contributed by atoms with Gasteiger partial charge in [0.25, 0.3) is 0 Å². The van der Waals surface area contributed by atoms with Crippen LogP contribution in [-0.4, -0.2) is 37.0 Å². The first-order valence-corrected chi connectivity index (χ1v) is 6.77. The largest absolute Gasteiger partial charge is 0.392 e. The Balaban J connectivity index is 2.39. The van der Waals surface area contributed by atoms with Crippen LogP contribution in [0.2, 0.25) is 0 Å². The van der Waals surface area contributed by atoms with Gasteiger partial charge in [0.05, 0.1) is 17.7 Å². The van der Waals surface area contributed by atoms with E-state index in [4.69, 9.17) is 5.26 Å². The van der Waals surface area contributed by atoms with Gasteiger partial charge in [-0.05, 0) is 24.6 Å². The van der Waals surface area contributed by atoms with E-state index in [1.54, 1.807) is 6.07 Å². The Morgan fingerprint density at radius 3 is 2.72 bits per heavy atom. The van der Waals surface area contributed by atoms with Crippen molar-refractivity contribution in [1.82, 2.24) is 4.31 Å². The molecule has 1 aromatic carbocycles. The van der Waals surface area contributed by atoms with E-state index in [0.717, 1.165) is 16.4 Å². The van der Waals surface area contributed by atoms with Crippen molar-refractivity contribution < 1.29 is 17.9 Å². The molecule has 2 rings (SSSR count). The summed E-state index contributed by atoms with van der Waals surface area (Å²) in [5.41, 5.74) is 0.0629. The van der Waals surface area contributed by atoms with Gasteiger partial charge in [-0.2, -0.15) is 9.57 Å². The van der Waals surface area contributed by atoms with Gasteiger partial charge in [-0.15, -0.1) is 0 Å². The lowest BCUT2D eigenvalue weighted by Crippen LogP contribution is -2.30. The molecular weight excluding hydrogens is 259 g/mol. The minimum Gasteiger partial charge on any atom is -0.392 e. The lowest BCUT2D eigenvalue weighted by molar-refractivity contribution is 0.189. The Labute approximate surface area is 104 Å². The van der Waals surface area contributed by atoms with Crippen molar-refractivity contribution in [3.63, 3.8) is 0 Å². The highest BCUT2D eigenvalue weighted by molar-refractivity contribution is 7.89. The molecule has 18 heavy (non-hydrogen) atoms. The third-order valence-electron chi connectivity index (χ3n) is 2.80. The first-order valence-electron chi connectivity index (χ1n) is 5.33. The summed E-state index contributed by atoms with van der Waals surface area (Å²) in [5.74, 6) is -0.949. The molecule has 96 valence electrons. The van der Waals surface area contributed by atoms with E-state index >= 15 is 0 Å². The maximum Gasteiger partial charge on any atom is 0.246 e. The van der Waals surface area contributed by atoms with Gasteiger partial charge in [0.1, 0.15) is 10.7 Å². The number of rotatable bonds is 2. The zero-order valence-corrected chi connectivity index (χ0v) is 10.2. The van der Waals surface area contributed by atoms with Crippen LogP contribution >= 0.6 is 0 Å². The summed E-state index contributed by atoms with van der Waals surface area (Å²) in [7, 11) is -3.94. The Morgan fingerprint density at radius 2 is 2.22 bits per heavy atom. The lowest BCUT2D eigenvalue weighted by Gasteiger charge is -2.16. The van der Waals surface area contributed by atoms with Crippen LogP contribution in [0.25, 0.3) is 0 Å². The van der Waals surface area contributed by atoms with Gasteiger partial charge in [0.2, 0.25) is 10.0 Å². The van der Waals surface area contributed by atoms with Crippen molar-refractivity contribution in [2.75, 3.05) is 13.1 Å². The molecule has 5 nitrogen and oxygen atoms in total. The molecule has 0 aliphatic carbocycles. The minimum absolute atomic E-state index is 0.0260. The Hall–Kier alpha value is -1.49. The molecule has 0 unspecified atom stereocenters. The summed E-state index contributed by atoms with van der Waals surface area (Å²) < 4.78 is 38.9. The van der Waals surface area contributed by atoms with E-state index in [-0.39, 0.29) is 18.7 Å². The first kappa shape index (κ1) is 13.0. The van der Waals surface area contributed by atoms with E-state index in [9.17, 15) is 17.9 Å². The van der Waals surface area contributed by atoms with E-state index in [0.29, 0.717) is 6.42 Å². The summed E-state index contributed by atoms with van der Waals surface area (Å²) in [4.78, 5) is -0.462. The molecule has 1 atom stereocenters. The predicted molar refractivity (Wildman–Crippen MR) is 60.5 cm³/mol. The van der Waals surface area contributed by atoms with Crippen molar-refractivity contribution in [3.8, 4) is 6.07 Å². The zero-order chi connectivity index (χ0) is 13.3. The molecule has 1 N–H and O–H groups in total. The Kier molecular flexibility index (Phi) is 3.34. The van der Waals surface area contributed by atoms with E-state index in [1.807, 2.05) is 0 Å². The highest BCUT2D eigenvalue weighted by Crippen LogP contribution is 2.23. The number of benzene rings is 1. The van der Waals surface area contributed by atoms with Crippen molar-refractivity contribution in [1.29, 1.82) is 5.26 Å². The number of aliphatic hydroxyl groups excluding tert-OH is 1. The van der Waals surface area contributed by atoms with Gasteiger partial charge < -0.3 is 5.11 Å². The fourth-order valence-electron chi connectivity index (χ4n) is 1.85. The SMILES string of the molecule is N#Cc1ccc(S(=O)(=O)N2CC[C@H](O)C2)c(F)c1. The van der Waals surface area contributed by atoms with Crippen LogP contribution in [-0.2, 0) is 10.0 Å². The van der Waals surface area contributed by atoms with Gasteiger partial charge in [0, 0.05) is 13.1 Å². The van der Waals surface area contributed by atoms with Crippen molar-refractivity contribution >= 4 is 10.0 Å². The van der Waals surface area contributed by atoms with Crippen LogP contribution in [0.3, 0.4) is 0 Å². The average molecular weight is 270 g/mol. The molecule has 0 aromatic heterocycles. The third kappa shape index (κ3) is 2.22. The molecule has 7 heteroatoms. The van der Waals surface area contributed by atoms with Crippen molar-refractivity contribution in [3.05, 3.63) is 29.6 Å². The molecule has 0 bridgehead atoms. The van der Waals surface area contributed by atoms with Gasteiger partial charge in [-0.3, -0.25) is 0 Å². The number of aliphatic hydroxyl groups is 1. The summed E-state index contributed by atoms with van der Waals surface area (Å²) in [6, 6.07) is 4.95. The molecule has 0 spiro atoms. The maximum absolute atomic E-state index is 13.7. The van der Waals surface area contributed by atoms with E-state index in [2.05, 4.69) is 0 Å². The Bertz CT molecular complexity index is 609. The second-order valence-corrected chi connectivity index (χ2v) is 5.97. The molecular formula is C11H11FN2O3S. The van der Waals surface area contributed by atoms with Crippen LogP contribution in [0.5, 0.6) is 0 Å². The molecule has 1 saturated heterocycles. The van der Waals surface area contributed by atoms with E-state index in [1.165, 1.54) is 6.07 Å². The molecule has 0 amide bonds. The van der Waals surface area contributed by atoms with Crippen LogP contribution in [0.1, 0.15) is 12.0 Å². The highest BCUT2D eigenvalue weighted by Gasteiger charge is 2.33. The fourth-order valence-corrected chi connectivity index (χ4v) is 3.39. The number of nitrogens with zero attached hydrogens (tertiary/aromatic N) is 2. The quantitative estimate of drug-likeness (QED) is 0.846. The third-order valence-corrected chi connectivity index (χ3v) is 4.70. The van der Waals surface area contributed by atoms with Crippen molar-refractivity contribution in [2.45, 2.75) is 17.4 Å². The minimum atomic E-state index is -3.94. The molecule has 0 saturated carbocycles. The normalized spacial score (nSPS) is 20.8. The van der Waals surface area contributed by atoms with Gasteiger partial charge in [-0.1, -0.05) is 0 Å². The summed E-state index contributed by atoms with van der Waals surface area (Å²) in [6.45, 7) is 0.144. The predicted octanol–water partition coefficient (Wildman–Crippen LogP) is 0.453. The zero-order valence-electron chi connectivity index (χ0n) is 9.38. The summed E-state index contributed by atoms with van der Waals surface area (Å²) in [6.07, 6.45) is -0.363. The number of β-amino-alcohol motifs (C(OH)–C–C–N with tert-alkyl or cyclic N) is 1. The van der Waals surface area contributed by atoms with Gasteiger partial charge in [0.15, 0.2) is 0 Å². The highest BCUT2D eigenvalue weighted by atomic mass is 32.2. The average Bonchev–Trinajstić information content (AvgIpc) is 2.76. The number of sulfonamides is 1. The van der Waals surface area contributed by atoms with Crippen LogP contribution in [0.4, 0.5) is 4.39 Å². The van der Waals surface area contributed by atoms with Crippen molar-refractivity contribution in [2.24, 2.45) is 0 Å².